The molecule has 24 heavy (non-hydrogen) atoms. The standard InChI is InChI=1S/C22H23N2/c1-16-12-17(2)22(18(3)13-16)23-14-20-10-7-11-21(24(20)15-23)19-8-5-4-6-9-19/h4-13,15,23H,14H2,1-3H3/q+1. The smallest absolute Gasteiger partial charge is 0.240 e. The lowest BCUT2D eigenvalue weighted by molar-refractivity contribution is -0.881. The van der Waals surface area contributed by atoms with E-state index in [0.29, 0.717) is 0 Å². The van der Waals surface area contributed by atoms with E-state index >= 15 is 0 Å². The molecule has 0 radical (unpaired) electrons. The van der Waals surface area contributed by atoms with E-state index in [-0.39, 0.29) is 0 Å². The molecule has 4 rings (SSSR count). The minimum absolute atomic E-state index is 0.991. The monoisotopic (exact) mass is 315 g/mol. The van der Waals surface area contributed by atoms with Crippen molar-refractivity contribution in [1.82, 2.24) is 0 Å². The summed E-state index contributed by atoms with van der Waals surface area (Å²) in [6, 6.07) is 21.8. The summed E-state index contributed by atoms with van der Waals surface area (Å²) in [6.07, 6.45) is 0. The number of benzene rings is 2. The number of fused-ring (bicyclic) bond motifs is 1. The fraction of sp³-hybridized carbons (Fsp3) is 0.182. The van der Waals surface area contributed by atoms with Crippen LogP contribution in [0.2, 0.25) is 0 Å². The highest BCUT2D eigenvalue weighted by Gasteiger charge is 2.29. The normalized spacial score (nSPS) is 15.9. The molecular formula is C22H23N2+. The van der Waals surface area contributed by atoms with Crippen LogP contribution in [0.25, 0.3) is 11.3 Å². The topological polar surface area (TPSA) is 8.32 Å². The largest absolute Gasteiger partial charge is 0.272 e. The van der Waals surface area contributed by atoms with Crippen molar-refractivity contribution in [1.29, 1.82) is 0 Å². The van der Waals surface area contributed by atoms with Gasteiger partial charge < -0.3 is 0 Å². The van der Waals surface area contributed by atoms with E-state index < -0.39 is 0 Å². The van der Waals surface area contributed by atoms with Gasteiger partial charge in [-0.1, -0.05) is 54.1 Å². The number of rotatable bonds is 2. The van der Waals surface area contributed by atoms with Gasteiger partial charge in [-0.3, -0.25) is 9.47 Å². The van der Waals surface area contributed by atoms with Crippen molar-refractivity contribution < 1.29 is 9.47 Å². The fourth-order valence-corrected chi connectivity index (χ4v) is 3.94. The summed E-state index contributed by atoms with van der Waals surface area (Å²) in [5.74, 6) is 0. The fourth-order valence-electron chi connectivity index (χ4n) is 3.94. The zero-order valence-electron chi connectivity index (χ0n) is 14.5. The lowest BCUT2D eigenvalue weighted by atomic mass is 10.0. The maximum absolute atomic E-state index is 2.35. The van der Waals surface area contributed by atoms with Crippen LogP contribution in [0.1, 0.15) is 22.4 Å². The molecule has 1 aliphatic rings. The van der Waals surface area contributed by atoms with E-state index in [1.54, 1.807) is 0 Å². The minimum Gasteiger partial charge on any atom is -0.272 e. The maximum atomic E-state index is 2.35. The third kappa shape index (κ3) is 2.49. The summed E-state index contributed by atoms with van der Waals surface area (Å²) < 4.78 is 2.35. The zero-order valence-corrected chi connectivity index (χ0v) is 14.5. The second kappa shape index (κ2) is 5.81. The van der Waals surface area contributed by atoms with Gasteiger partial charge in [0.15, 0.2) is 0 Å². The van der Waals surface area contributed by atoms with Gasteiger partial charge in [-0.05, 0) is 38.5 Å². The predicted molar refractivity (Wildman–Crippen MR) is 96.8 cm³/mol. The third-order valence-corrected chi connectivity index (χ3v) is 4.84. The van der Waals surface area contributed by atoms with Crippen molar-refractivity contribution in [2.45, 2.75) is 27.3 Å². The Morgan fingerprint density at radius 2 is 1.58 bits per heavy atom. The molecule has 2 heteroatoms. The van der Waals surface area contributed by atoms with Crippen molar-refractivity contribution in [3.05, 3.63) is 89.7 Å². The molecular weight excluding hydrogens is 292 g/mol. The molecule has 0 fully saturated rings. The van der Waals surface area contributed by atoms with Gasteiger partial charge in [0, 0.05) is 11.1 Å². The van der Waals surface area contributed by atoms with E-state index in [4.69, 9.17) is 0 Å². The minimum atomic E-state index is 0.991. The Hall–Kier alpha value is -2.58. The van der Waals surface area contributed by atoms with Gasteiger partial charge in [-0.2, -0.15) is 0 Å². The van der Waals surface area contributed by atoms with Crippen LogP contribution in [-0.4, -0.2) is 0 Å². The highest BCUT2D eigenvalue weighted by Crippen LogP contribution is 2.21. The van der Waals surface area contributed by atoms with Crippen LogP contribution in [-0.2, 0) is 6.54 Å². The number of hydrogen-bond donors (Lipinski definition) is 1. The van der Waals surface area contributed by atoms with Crippen LogP contribution >= 0.6 is 0 Å². The lowest BCUT2D eigenvalue weighted by Gasteiger charge is -2.16. The molecule has 0 spiro atoms. The summed E-state index contributed by atoms with van der Waals surface area (Å²) in [5, 5.41) is 0. The number of nitrogens with zero attached hydrogens (tertiary/aromatic N) is 1. The Bertz CT molecular complexity index is 874. The van der Waals surface area contributed by atoms with Crippen LogP contribution in [0, 0.1) is 27.4 Å². The zero-order chi connectivity index (χ0) is 16.7. The van der Waals surface area contributed by atoms with Crippen LogP contribution < -0.4 is 9.47 Å². The third-order valence-electron chi connectivity index (χ3n) is 4.84. The van der Waals surface area contributed by atoms with Gasteiger partial charge >= 0.3 is 0 Å². The average molecular weight is 315 g/mol. The van der Waals surface area contributed by atoms with Gasteiger partial charge in [0.1, 0.15) is 23.6 Å². The van der Waals surface area contributed by atoms with Crippen molar-refractivity contribution >= 4 is 5.69 Å². The van der Waals surface area contributed by atoms with Crippen LogP contribution in [0.4, 0.5) is 5.69 Å². The van der Waals surface area contributed by atoms with Gasteiger partial charge in [0.05, 0.1) is 0 Å². The number of quaternary nitrogens is 1. The SMILES string of the molecule is Cc1cc(C)c([NH+]2[CH-][n+]3c(cccc3-c3ccccc3)C2)c(C)c1. The Labute approximate surface area is 144 Å². The van der Waals surface area contributed by atoms with E-state index in [2.05, 4.69) is 92.7 Å². The van der Waals surface area contributed by atoms with Crippen molar-refractivity contribution in [2.75, 3.05) is 0 Å². The predicted octanol–water partition coefficient (Wildman–Crippen LogP) is 3.26. The molecule has 2 aromatic carbocycles. The molecule has 1 unspecified atom stereocenters. The van der Waals surface area contributed by atoms with Crippen LogP contribution in [0.15, 0.2) is 60.7 Å². The molecule has 3 aromatic rings. The first kappa shape index (κ1) is 15.0. The Morgan fingerprint density at radius 1 is 0.875 bits per heavy atom. The summed E-state index contributed by atoms with van der Waals surface area (Å²) in [6.45, 7) is 9.93. The Kier molecular flexibility index (Phi) is 3.62. The summed E-state index contributed by atoms with van der Waals surface area (Å²) in [7, 11) is 0. The van der Waals surface area contributed by atoms with E-state index in [0.717, 1.165) is 6.54 Å². The number of pyridine rings is 1. The summed E-state index contributed by atoms with van der Waals surface area (Å²) >= 11 is 0. The van der Waals surface area contributed by atoms with E-state index in [9.17, 15) is 0 Å². The average Bonchev–Trinajstić information content (AvgIpc) is 2.98. The summed E-state index contributed by atoms with van der Waals surface area (Å²) in [4.78, 5) is 1.41. The highest BCUT2D eigenvalue weighted by atomic mass is 15.3. The molecule has 0 saturated heterocycles. The van der Waals surface area contributed by atoms with E-state index in [1.165, 1.54) is 44.2 Å². The summed E-state index contributed by atoms with van der Waals surface area (Å²) in [5.41, 5.74) is 9.35. The lowest BCUT2D eigenvalue weighted by Crippen LogP contribution is -3.03. The number of aromatic nitrogens is 1. The first-order valence-electron chi connectivity index (χ1n) is 8.51. The molecule has 2 nitrogen and oxygen atoms in total. The van der Waals surface area contributed by atoms with Gasteiger partial charge in [0.25, 0.3) is 0 Å². The van der Waals surface area contributed by atoms with Gasteiger partial charge in [0.2, 0.25) is 6.67 Å². The molecule has 1 aromatic heterocycles. The molecule has 0 bridgehead atoms. The molecule has 0 aliphatic carbocycles. The van der Waals surface area contributed by atoms with Crippen molar-refractivity contribution in [2.24, 2.45) is 0 Å². The van der Waals surface area contributed by atoms with Gasteiger partial charge in [-0.15, -0.1) is 0 Å². The van der Waals surface area contributed by atoms with Crippen LogP contribution in [0.3, 0.4) is 0 Å². The molecule has 120 valence electrons. The molecule has 1 atom stereocenters. The van der Waals surface area contributed by atoms with Crippen molar-refractivity contribution in [3.63, 3.8) is 0 Å². The molecule has 1 aliphatic heterocycles. The molecule has 0 amide bonds. The number of nitrogens with one attached hydrogen (secondary N) is 1. The maximum Gasteiger partial charge on any atom is 0.240 e. The van der Waals surface area contributed by atoms with Crippen molar-refractivity contribution in [3.8, 4) is 11.3 Å². The first-order valence-corrected chi connectivity index (χ1v) is 8.51. The quantitative estimate of drug-likeness (QED) is 0.549. The molecule has 0 saturated carbocycles. The molecule has 2 heterocycles. The Balaban J connectivity index is 1.76. The van der Waals surface area contributed by atoms with Gasteiger partial charge in [-0.25, -0.2) is 0 Å². The van der Waals surface area contributed by atoms with Crippen LogP contribution in [0.5, 0.6) is 0 Å². The second-order valence-electron chi connectivity index (χ2n) is 6.74. The van der Waals surface area contributed by atoms with E-state index in [1.807, 2.05) is 0 Å². The number of aryl methyl sites for hydroxylation is 3. The number of hydrogen-bond acceptors (Lipinski definition) is 0. The Morgan fingerprint density at radius 3 is 2.29 bits per heavy atom. The molecule has 1 N–H and O–H groups in total. The first-order chi connectivity index (χ1) is 11.6. The second-order valence-corrected chi connectivity index (χ2v) is 6.74. The highest BCUT2D eigenvalue weighted by molar-refractivity contribution is 5.56.